The first-order valence-electron chi connectivity index (χ1n) is 15.8. The molecule has 3 aliphatic carbocycles. The Balaban J connectivity index is 1.43. The van der Waals surface area contributed by atoms with E-state index in [0.29, 0.717) is 5.92 Å². The Labute approximate surface area is 261 Å². The molecule has 2 heteroatoms. The number of aromatic nitrogens is 2. The lowest BCUT2D eigenvalue weighted by molar-refractivity contribution is 0.425. The number of hydrogen-bond acceptors (Lipinski definition) is 2. The molecule has 0 fully saturated rings. The Morgan fingerprint density at radius 3 is 2.05 bits per heavy atom. The zero-order valence-corrected chi connectivity index (χ0v) is 25.4. The average Bonchev–Trinajstić information content (AvgIpc) is 3.09. The van der Waals surface area contributed by atoms with Crippen molar-refractivity contribution in [3.63, 3.8) is 0 Å². The molecule has 44 heavy (non-hydrogen) atoms. The molecule has 216 valence electrons. The van der Waals surface area contributed by atoms with Crippen LogP contribution in [0.15, 0.2) is 168 Å². The largest absolute Gasteiger partial charge is 0.232 e. The third-order valence-electron chi connectivity index (χ3n) is 9.43. The molecule has 0 N–H and O–H groups in total. The summed E-state index contributed by atoms with van der Waals surface area (Å²) in [5.41, 5.74) is 13.4. The zero-order chi connectivity index (χ0) is 30.0. The van der Waals surface area contributed by atoms with Crippen molar-refractivity contribution in [3.8, 4) is 22.5 Å². The van der Waals surface area contributed by atoms with Crippen LogP contribution in [0.1, 0.15) is 55.8 Å². The van der Waals surface area contributed by atoms with E-state index in [4.69, 9.17) is 9.97 Å². The van der Waals surface area contributed by atoms with E-state index in [1.165, 1.54) is 40.7 Å². The standard InChI is InChI=1S/C42H38N2/c1-4-16-28(3)39-34(5-2)36-26-33(25-32-23-15-24-35(40(32)36)41(39)31-21-13-8-14-22-31)42-43-37(29-17-9-6-10-18-29)27-38(44-42)30-19-11-7-12-20-30/h4-14,16-22,26-27,32-33,41H,2-3,15,23-25H2,1H3/b16-4-. The smallest absolute Gasteiger partial charge is 0.136 e. The molecule has 1 aromatic heterocycles. The lowest BCUT2D eigenvalue weighted by atomic mass is 9.60. The summed E-state index contributed by atoms with van der Waals surface area (Å²) >= 11 is 0. The van der Waals surface area contributed by atoms with Gasteiger partial charge in [-0.2, -0.15) is 0 Å². The predicted octanol–water partition coefficient (Wildman–Crippen LogP) is 10.7. The minimum absolute atomic E-state index is 0.101. The number of allylic oxidation sites excluding steroid dienone is 10. The van der Waals surface area contributed by atoms with Gasteiger partial charge in [0.1, 0.15) is 5.82 Å². The van der Waals surface area contributed by atoms with E-state index in [0.717, 1.165) is 46.8 Å². The summed E-state index contributed by atoms with van der Waals surface area (Å²) < 4.78 is 0. The van der Waals surface area contributed by atoms with Gasteiger partial charge in [0.15, 0.2) is 0 Å². The molecule has 0 bridgehead atoms. The van der Waals surface area contributed by atoms with Gasteiger partial charge in [-0.1, -0.05) is 134 Å². The minimum Gasteiger partial charge on any atom is -0.232 e. The SMILES string of the molecule is C=CC1=C(C(=C)/C=C\C)C(c2ccccc2)C2=C3C1=CC(c1nc(-c4ccccc4)cc(-c4ccccc4)n1)CC3CCC2. The van der Waals surface area contributed by atoms with Crippen LogP contribution >= 0.6 is 0 Å². The van der Waals surface area contributed by atoms with Crippen molar-refractivity contribution in [2.45, 2.75) is 44.4 Å². The normalized spacial score (nSPS) is 21.2. The van der Waals surface area contributed by atoms with Gasteiger partial charge in [0.2, 0.25) is 0 Å². The molecular weight excluding hydrogens is 532 g/mol. The molecule has 0 saturated carbocycles. The molecule has 3 aromatic carbocycles. The van der Waals surface area contributed by atoms with Crippen LogP contribution < -0.4 is 0 Å². The summed E-state index contributed by atoms with van der Waals surface area (Å²) in [4.78, 5) is 10.5. The lowest BCUT2D eigenvalue weighted by Crippen LogP contribution is -2.29. The van der Waals surface area contributed by atoms with E-state index in [1.807, 2.05) is 0 Å². The summed E-state index contributed by atoms with van der Waals surface area (Å²) in [5.74, 6) is 1.65. The van der Waals surface area contributed by atoms with Gasteiger partial charge >= 0.3 is 0 Å². The Kier molecular flexibility index (Phi) is 7.66. The highest BCUT2D eigenvalue weighted by atomic mass is 14.9. The van der Waals surface area contributed by atoms with Crippen LogP contribution in [0.5, 0.6) is 0 Å². The van der Waals surface area contributed by atoms with E-state index in [1.54, 1.807) is 5.57 Å². The molecule has 0 radical (unpaired) electrons. The van der Waals surface area contributed by atoms with Gasteiger partial charge < -0.3 is 0 Å². The fraction of sp³-hybridized carbons (Fsp3) is 0.190. The molecule has 2 nitrogen and oxygen atoms in total. The minimum atomic E-state index is 0.101. The van der Waals surface area contributed by atoms with E-state index in [2.05, 4.69) is 141 Å². The van der Waals surface area contributed by atoms with Crippen molar-refractivity contribution in [1.82, 2.24) is 9.97 Å². The third-order valence-corrected chi connectivity index (χ3v) is 9.43. The van der Waals surface area contributed by atoms with Crippen molar-refractivity contribution < 1.29 is 0 Å². The van der Waals surface area contributed by atoms with Crippen LogP contribution in [0.3, 0.4) is 0 Å². The first-order chi connectivity index (χ1) is 21.7. The van der Waals surface area contributed by atoms with Crippen molar-refractivity contribution >= 4 is 0 Å². The summed E-state index contributed by atoms with van der Waals surface area (Å²) in [6, 6.07) is 34.1. The Bertz CT molecular complexity index is 1780. The first kappa shape index (κ1) is 28.0. The molecule has 3 aliphatic rings. The van der Waals surface area contributed by atoms with Gasteiger partial charge in [0, 0.05) is 23.0 Å². The second-order valence-electron chi connectivity index (χ2n) is 12.1. The molecule has 4 aromatic rings. The highest BCUT2D eigenvalue weighted by Gasteiger charge is 2.41. The van der Waals surface area contributed by atoms with E-state index in [-0.39, 0.29) is 11.8 Å². The Morgan fingerprint density at radius 2 is 1.45 bits per heavy atom. The molecule has 7 rings (SSSR count). The maximum absolute atomic E-state index is 5.25. The number of nitrogens with zero attached hydrogens (tertiary/aromatic N) is 2. The van der Waals surface area contributed by atoms with Crippen LogP contribution in [0.4, 0.5) is 0 Å². The van der Waals surface area contributed by atoms with Crippen LogP contribution in [0, 0.1) is 5.92 Å². The monoisotopic (exact) mass is 570 g/mol. The summed E-state index contributed by atoms with van der Waals surface area (Å²) in [6.07, 6.45) is 13.3. The fourth-order valence-corrected chi connectivity index (χ4v) is 7.59. The number of hydrogen-bond donors (Lipinski definition) is 0. The third kappa shape index (κ3) is 5.05. The molecule has 0 spiro atoms. The fourth-order valence-electron chi connectivity index (χ4n) is 7.59. The second kappa shape index (κ2) is 12.1. The highest BCUT2D eigenvalue weighted by Crippen LogP contribution is 2.56. The van der Waals surface area contributed by atoms with Gasteiger partial charge in [-0.25, -0.2) is 9.97 Å². The Hall–Kier alpha value is -4.82. The van der Waals surface area contributed by atoms with E-state index >= 15 is 0 Å². The van der Waals surface area contributed by atoms with Gasteiger partial charge in [-0.15, -0.1) is 0 Å². The number of rotatable bonds is 7. The maximum Gasteiger partial charge on any atom is 0.136 e. The van der Waals surface area contributed by atoms with Crippen molar-refractivity contribution in [2.75, 3.05) is 0 Å². The average molecular weight is 571 g/mol. The van der Waals surface area contributed by atoms with Gasteiger partial charge in [-0.05, 0) is 78.0 Å². The second-order valence-corrected chi connectivity index (χ2v) is 12.1. The Morgan fingerprint density at radius 1 is 0.841 bits per heavy atom. The first-order valence-corrected chi connectivity index (χ1v) is 15.8. The zero-order valence-electron chi connectivity index (χ0n) is 25.4. The number of benzene rings is 3. The molecule has 0 amide bonds. The molecular formula is C42H38N2. The van der Waals surface area contributed by atoms with Gasteiger partial charge in [0.25, 0.3) is 0 Å². The van der Waals surface area contributed by atoms with Crippen molar-refractivity contribution in [2.24, 2.45) is 5.92 Å². The van der Waals surface area contributed by atoms with Crippen LogP contribution in [-0.4, -0.2) is 9.97 Å². The highest BCUT2D eigenvalue weighted by molar-refractivity contribution is 5.72. The van der Waals surface area contributed by atoms with Crippen LogP contribution in [-0.2, 0) is 0 Å². The summed E-state index contributed by atoms with van der Waals surface area (Å²) in [5, 5.41) is 0. The molecule has 0 aliphatic heterocycles. The van der Waals surface area contributed by atoms with E-state index < -0.39 is 0 Å². The van der Waals surface area contributed by atoms with Gasteiger partial charge in [-0.3, -0.25) is 0 Å². The van der Waals surface area contributed by atoms with Gasteiger partial charge in [0.05, 0.1) is 11.4 Å². The van der Waals surface area contributed by atoms with E-state index in [9.17, 15) is 0 Å². The molecule has 3 unspecified atom stereocenters. The quantitative estimate of drug-likeness (QED) is 0.207. The maximum atomic E-state index is 5.25. The summed E-state index contributed by atoms with van der Waals surface area (Å²) in [7, 11) is 0. The molecule has 0 saturated heterocycles. The molecule has 3 atom stereocenters. The van der Waals surface area contributed by atoms with Crippen LogP contribution in [0.2, 0.25) is 0 Å². The topological polar surface area (TPSA) is 25.8 Å². The van der Waals surface area contributed by atoms with Crippen molar-refractivity contribution in [3.05, 3.63) is 179 Å². The predicted molar refractivity (Wildman–Crippen MR) is 183 cm³/mol. The van der Waals surface area contributed by atoms with Crippen molar-refractivity contribution in [1.29, 1.82) is 0 Å². The summed E-state index contributed by atoms with van der Waals surface area (Å²) in [6.45, 7) is 11.0. The molecule has 1 heterocycles. The lowest BCUT2D eigenvalue weighted by Gasteiger charge is -2.44. The van der Waals surface area contributed by atoms with Crippen LogP contribution in [0.25, 0.3) is 22.5 Å².